The predicted octanol–water partition coefficient (Wildman–Crippen LogP) is 0.295. The van der Waals surface area contributed by atoms with Crippen LogP contribution in [0.2, 0.25) is 0 Å². The van der Waals surface area contributed by atoms with Gasteiger partial charge in [0.1, 0.15) is 0 Å². The lowest BCUT2D eigenvalue weighted by molar-refractivity contribution is -0.123. The molecule has 17 heavy (non-hydrogen) atoms. The fraction of sp³-hybridized carbons (Fsp3) is 0.917. The summed E-state index contributed by atoms with van der Waals surface area (Å²) in [5.74, 6) is 0.0174. The molecule has 0 aromatic heterocycles. The first-order valence-corrected chi connectivity index (χ1v) is 6.24. The molecule has 2 N–H and O–H groups in total. The van der Waals surface area contributed by atoms with E-state index in [1.54, 1.807) is 14.2 Å². The zero-order valence-corrected chi connectivity index (χ0v) is 11.0. The molecule has 1 aliphatic rings. The summed E-state index contributed by atoms with van der Waals surface area (Å²) >= 11 is 0. The number of carbonyl (C=O) groups is 1. The molecule has 0 radical (unpaired) electrons. The van der Waals surface area contributed by atoms with E-state index in [2.05, 4.69) is 10.6 Å². The van der Waals surface area contributed by atoms with Crippen molar-refractivity contribution in [3.8, 4) is 0 Å². The Labute approximate surface area is 103 Å². The number of methoxy groups -OCH3 is 2. The van der Waals surface area contributed by atoms with Crippen LogP contribution in [0.1, 0.15) is 26.2 Å². The zero-order valence-electron chi connectivity index (χ0n) is 11.0. The molecule has 0 aromatic rings. The topological polar surface area (TPSA) is 59.6 Å². The van der Waals surface area contributed by atoms with Gasteiger partial charge in [0.05, 0.1) is 18.8 Å². The van der Waals surface area contributed by atoms with E-state index in [1.807, 2.05) is 6.92 Å². The third kappa shape index (κ3) is 4.61. The highest BCUT2D eigenvalue weighted by Crippen LogP contribution is 2.21. The van der Waals surface area contributed by atoms with E-state index >= 15 is 0 Å². The Hall–Kier alpha value is -0.650. The Bertz CT molecular complexity index is 236. The van der Waals surface area contributed by atoms with Crippen molar-refractivity contribution in [1.29, 1.82) is 0 Å². The normalized spacial score (nSPS) is 25.8. The maximum Gasteiger partial charge on any atom is 0.236 e. The zero-order chi connectivity index (χ0) is 12.7. The van der Waals surface area contributed by atoms with Crippen LogP contribution in [0.15, 0.2) is 0 Å². The number of rotatable bonds is 7. The molecule has 1 rings (SSSR count). The molecule has 1 fully saturated rings. The van der Waals surface area contributed by atoms with Crippen LogP contribution in [-0.2, 0) is 14.3 Å². The van der Waals surface area contributed by atoms with Crippen LogP contribution in [0.4, 0.5) is 0 Å². The lowest BCUT2D eigenvalue weighted by Crippen LogP contribution is -2.49. The van der Waals surface area contributed by atoms with E-state index in [9.17, 15) is 4.79 Å². The standard InChI is InChI=1S/C12H24N2O3/c1-9(12(15)13-7-8-16-2)14-10-5-4-6-11(10)17-3/h9-11,14H,4-8H2,1-3H3,(H,13,15). The number of amides is 1. The first kappa shape index (κ1) is 14.4. The second kappa shape index (κ2) is 7.63. The summed E-state index contributed by atoms with van der Waals surface area (Å²) in [5, 5.41) is 6.15. The van der Waals surface area contributed by atoms with Crippen molar-refractivity contribution >= 4 is 5.91 Å². The van der Waals surface area contributed by atoms with Crippen molar-refractivity contribution in [3.05, 3.63) is 0 Å². The van der Waals surface area contributed by atoms with Crippen LogP contribution < -0.4 is 10.6 Å². The van der Waals surface area contributed by atoms with Gasteiger partial charge in [-0.05, 0) is 26.2 Å². The van der Waals surface area contributed by atoms with Crippen LogP contribution >= 0.6 is 0 Å². The Morgan fingerprint density at radius 1 is 1.41 bits per heavy atom. The van der Waals surface area contributed by atoms with Crippen LogP contribution in [0.25, 0.3) is 0 Å². The average Bonchev–Trinajstić information content (AvgIpc) is 2.76. The molecule has 0 spiro atoms. The van der Waals surface area contributed by atoms with Crippen LogP contribution in [-0.4, -0.2) is 51.5 Å². The second-order valence-corrected chi connectivity index (χ2v) is 4.48. The summed E-state index contributed by atoms with van der Waals surface area (Å²) in [4.78, 5) is 11.7. The molecule has 0 bridgehead atoms. The monoisotopic (exact) mass is 244 g/mol. The quantitative estimate of drug-likeness (QED) is 0.632. The summed E-state index contributed by atoms with van der Waals surface area (Å²) in [6, 6.07) is 0.107. The van der Waals surface area contributed by atoms with E-state index in [-0.39, 0.29) is 18.1 Å². The van der Waals surface area contributed by atoms with Crippen LogP contribution in [0, 0.1) is 0 Å². The Balaban J connectivity index is 2.27. The lowest BCUT2D eigenvalue weighted by Gasteiger charge is -2.23. The molecule has 1 amide bonds. The molecule has 3 atom stereocenters. The summed E-state index contributed by atoms with van der Waals surface area (Å²) in [6.45, 7) is 2.98. The Morgan fingerprint density at radius 2 is 2.18 bits per heavy atom. The average molecular weight is 244 g/mol. The van der Waals surface area contributed by atoms with Gasteiger partial charge in [-0.2, -0.15) is 0 Å². The molecule has 0 aliphatic heterocycles. The molecule has 0 saturated heterocycles. The van der Waals surface area contributed by atoms with E-state index in [1.165, 1.54) is 0 Å². The van der Waals surface area contributed by atoms with Crippen molar-refractivity contribution in [1.82, 2.24) is 10.6 Å². The van der Waals surface area contributed by atoms with E-state index in [0.29, 0.717) is 19.2 Å². The van der Waals surface area contributed by atoms with Gasteiger partial charge in [0.2, 0.25) is 5.91 Å². The van der Waals surface area contributed by atoms with Crippen LogP contribution in [0.3, 0.4) is 0 Å². The molecule has 3 unspecified atom stereocenters. The molecule has 1 saturated carbocycles. The smallest absolute Gasteiger partial charge is 0.236 e. The Morgan fingerprint density at radius 3 is 2.82 bits per heavy atom. The van der Waals surface area contributed by atoms with Gasteiger partial charge in [0, 0.05) is 26.8 Å². The summed E-state index contributed by atoms with van der Waals surface area (Å²) in [6.07, 6.45) is 3.55. The third-order valence-electron chi connectivity index (χ3n) is 3.22. The van der Waals surface area contributed by atoms with E-state index < -0.39 is 0 Å². The number of carbonyl (C=O) groups excluding carboxylic acids is 1. The highest BCUT2D eigenvalue weighted by Gasteiger charge is 2.29. The van der Waals surface area contributed by atoms with Gasteiger partial charge in [-0.1, -0.05) is 0 Å². The molecule has 0 aromatic carbocycles. The minimum absolute atomic E-state index is 0.0174. The maximum absolute atomic E-state index is 11.7. The molecule has 5 heteroatoms. The van der Waals surface area contributed by atoms with Gasteiger partial charge in [0.15, 0.2) is 0 Å². The summed E-state index contributed by atoms with van der Waals surface area (Å²) in [5.41, 5.74) is 0. The van der Waals surface area contributed by atoms with Crippen molar-refractivity contribution in [3.63, 3.8) is 0 Å². The summed E-state index contributed by atoms with van der Waals surface area (Å²) in [7, 11) is 3.35. The lowest BCUT2D eigenvalue weighted by atomic mass is 10.1. The minimum Gasteiger partial charge on any atom is -0.383 e. The molecular weight excluding hydrogens is 220 g/mol. The van der Waals surface area contributed by atoms with Gasteiger partial charge < -0.3 is 20.1 Å². The summed E-state index contributed by atoms with van der Waals surface area (Å²) < 4.78 is 10.3. The van der Waals surface area contributed by atoms with Crippen molar-refractivity contribution in [2.45, 2.75) is 44.4 Å². The fourth-order valence-corrected chi connectivity index (χ4v) is 2.22. The molecule has 0 heterocycles. The van der Waals surface area contributed by atoms with Crippen molar-refractivity contribution in [2.24, 2.45) is 0 Å². The first-order valence-electron chi connectivity index (χ1n) is 6.24. The molecule has 100 valence electrons. The third-order valence-corrected chi connectivity index (χ3v) is 3.22. The van der Waals surface area contributed by atoms with Gasteiger partial charge in [-0.3, -0.25) is 4.79 Å². The van der Waals surface area contributed by atoms with Gasteiger partial charge in [-0.25, -0.2) is 0 Å². The van der Waals surface area contributed by atoms with E-state index in [4.69, 9.17) is 9.47 Å². The minimum atomic E-state index is -0.187. The molecule has 1 aliphatic carbocycles. The number of hydrogen-bond donors (Lipinski definition) is 2. The van der Waals surface area contributed by atoms with Gasteiger partial charge >= 0.3 is 0 Å². The largest absolute Gasteiger partial charge is 0.383 e. The first-order chi connectivity index (χ1) is 8.19. The van der Waals surface area contributed by atoms with Gasteiger partial charge in [-0.15, -0.1) is 0 Å². The Kier molecular flexibility index (Phi) is 6.47. The van der Waals surface area contributed by atoms with Crippen molar-refractivity contribution < 1.29 is 14.3 Å². The number of ether oxygens (including phenoxy) is 2. The highest BCUT2D eigenvalue weighted by atomic mass is 16.5. The predicted molar refractivity (Wildman–Crippen MR) is 65.9 cm³/mol. The molecule has 5 nitrogen and oxygen atoms in total. The van der Waals surface area contributed by atoms with Crippen LogP contribution in [0.5, 0.6) is 0 Å². The highest BCUT2D eigenvalue weighted by molar-refractivity contribution is 5.81. The maximum atomic E-state index is 11.7. The van der Waals surface area contributed by atoms with E-state index in [0.717, 1.165) is 19.3 Å². The SMILES string of the molecule is COCCNC(=O)C(C)NC1CCCC1OC. The van der Waals surface area contributed by atoms with Crippen molar-refractivity contribution in [2.75, 3.05) is 27.4 Å². The number of nitrogens with one attached hydrogen (secondary N) is 2. The molecular formula is C12H24N2O3. The van der Waals surface area contributed by atoms with Gasteiger partial charge in [0.25, 0.3) is 0 Å². The fourth-order valence-electron chi connectivity index (χ4n) is 2.22. The second-order valence-electron chi connectivity index (χ2n) is 4.48. The number of hydrogen-bond acceptors (Lipinski definition) is 4.